The van der Waals surface area contributed by atoms with Crippen molar-refractivity contribution >= 4 is 12.0 Å². The standard InChI is InChI=1S/C19H38N4O3/c1-17(2,3)21-10-9-20-15(24)19(7,8)23-13-11-22(12-14-23)16(25)26-18(4,5)6/h21H,9-14H2,1-8H3,(H,20,24). The van der Waals surface area contributed by atoms with Crippen molar-refractivity contribution in [2.24, 2.45) is 0 Å². The number of ether oxygens (including phenoxy) is 1. The third-order valence-corrected chi connectivity index (χ3v) is 4.34. The molecule has 0 spiro atoms. The predicted molar refractivity (Wildman–Crippen MR) is 104 cm³/mol. The molecule has 0 unspecified atom stereocenters. The zero-order valence-electron chi connectivity index (χ0n) is 17.9. The molecule has 1 saturated heterocycles. The number of piperazine rings is 1. The van der Waals surface area contributed by atoms with Crippen molar-refractivity contribution in [2.75, 3.05) is 39.3 Å². The molecule has 1 fully saturated rings. The molecule has 1 heterocycles. The van der Waals surface area contributed by atoms with Crippen LogP contribution in [0.2, 0.25) is 0 Å². The lowest BCUT2D eigenvalue weighted by atomic mass is 10.00. The van der Waals surface area contributed by atoms with E-state index in [-0.39, 0.29) is 17.5 Å². The molecule has 0 radical (unpaired) electrons. The van der Waals surface area contributed by atoms with Gasteiger partial charge in [0.15, 0.2) is 0 Å². The van der Waals surface area contributed by atoms with E-state index in [9.17, 15) is 9.59 Å². The molecule has 152 valence electrons. The van der Waals surface area contributed by atoms with Crippen LogP contribution in [0.1, 0.15) is 55.4 Å². The average molecular weight is 371 g/mol. The first-order chi connectivity index (χ1) is 11.7. The maximum absolute atomic E-state index is 12.6. The van der Waals surface area contributed by atoms with Crippen LogP contribution >= 0.6 is 0 Å². The molecule has 1 rings (SSSR count). The molecule has 0 bridgehead atoms. The first-order valence-electron chi connectivity index (χ1n) is 9.49. The summed E-state index contributed by atoms with van der Waals surface area (Å²) in [6.07, 6.45) is -0.285. The molecule has 0 aromatic rings. The Bertz CT molecular complexity index is 484. The number of amides is 2. The van der Waals surface area contributed by atoms with Crippen LogP contribution in [0.4, 0.5) is 4.79 Å². The molecule has 1 aliphatic rings. The molecule has 1 aliphatic heterocycles. The van der Waals surface area contributed by atoms with Crippen LogP contribution in [-0.2, 0) is 9.53 Å². The van der Waals surface area contributed by atoms with E-state index in [1.165, 1.54) is 0 Å². The summed E-state index contributed by atoms with van der Waals surface area (Å²) >= 11 is 0. The summed E-state index contributed by atoms with van der Waals surface area (Å²) in [5.74, 6) is 0.0129. The Hall–Kier alpha value is -1.34. The van der Waals surface area contributed by atoms with Crippen LogP contribution in [0, 0.1) is 0 Å². The molecule has 2 amide bonds. The lowest BCUT2D eigenvalue weighted by Crippen LogP contribution is -2.61. The summed E-state index contributed by atoms with van der Waals surface area (Å²) in [5, 5.41) is 6.37. The quantitative estimate of drug-likeness (QED) is 0.722. The summed E-state index contributed by atoms with van der Waals surface area (Å²) in [4.78, 5) is 28.6. The number of hydrogen-bond acceptors (Lipinski definition) is 5. The minimum atomic E-state index is -0.609. The van der Waals surface area contributed by atoms with E-state index in [4.69, 9.17) is 4.74 Å². The van der Waals surface area contributed by atoms with Gasteiger partial charge in [-0.3, -0.25) is 9.69 Å². The first kappa shape index (κ1) is 22.7. The van der Waals surface area contributed by atoms with Crippen molar-refractivity contribution in [1.29, 1.82) is 0 Å². The van der Waals surface area contributed by atoms with E-state index in [1.807, 2.05) is 34.6 Å². The van der Waals surface area contributed by atoms with Crippen LogP contribution in [0.25, 0.3) is 0 Å². The van der Waals surface area contributed by atoms with Crippen molar-refractivity contribution in [1.82, 2.24) is 20.4 Å². The highest BCUT2D eigenvalue weighted by molar-refractivity contribution is 5.85. The van der Waals surface area contributed by atoms with Gasteiger partial charge in [-0.15, -0.1) is 0 Å². The van der Waals surface area contributed by atoms with E-state index in [0.717, 1.165) is 6.54 Å². The molecule has 0 aliphatic carbocycles. The van der Waals surface area contributed by atoms with E-state index in [0.29, 0.717) is 32.7 Å². The monoisotopic (exact) mass is 370 g/mol. The molecule has 0 aromatic carbocycles. The Morgan fingerprint density at radius 3 is 1.88 bits per heavy atom. The van der Waals surface area contributed by atoms with Gasteiger partial charge < -0.3 is 20.3 Å². The molecule has 0 atom stereocenters. The SMILES string of the molecule is CC(C)(C)NCCNC(=O)C(C)(C)N1CCN(C(=O)OC(C)(C)C)CC1. The Labute approximate surface area is 158 Å². The number of nitrogens with one attached hydrogen (secondary N) is 2. The molecular weight excluding hydrogens is 332 g/mol. The van der Waals surface area contributed by atoms with Gasteiger partial charge in [0.05, 0.1) is 5.54 Å². The summed E-state index contributed by atoms with van der Waals surface area (Å²) < 4.78 is 5.42. The smallest absolute Gasteiger partial charge is 0.410 e. The summed E-state index contributed by atoms with van der Waals surface area (Å²) in [6.45, 7) is 19.5. The zero-order valence-corrected chi connectivity index (χ0v) is 17.9. The van der Waals surface area contributed by atoms with Gasteiger partial charge in [0.1, 0.15) is 5.60 Å². The first-order valence-corrected chi connectivity index (χ1v) is 9.49. The third-order valence-electron chi connectivity index (χ3n) is 4.34. The van der Waals surface area contributed by atoms with Gasteiger partial charge in [0.25, 0.3) is 0 Å². The lowest BCUT2D eigenvalue weighted by molar-refractivity contribution is -0.132. The van der Waals surface area contributed by atoms with Gasteiger partial charge in [0.2, 0.25) is 5.91 Å². The molecule has 0 saturated carbocycles. The van der Waals surface area contributed by atoms with Crippen molar-refractivity contribution < 1.29 is 14.3 Å². The zero-order chi connectivity index (χ0) is 20.2. The second-order valence-electron chi connectivity index (χ2n) is 9.45. The van der Waals surface area contributed by atoms with Crippen LogP contribution in [0.15, 0.2) is 0 Å². The highest BCUT2D eigenvalue weighted by Crippen LogP contribution is 2.19. The Kier molecular flexibility index (Phi) is 7.48. The minimum absolute atomic E-state index is 0.0129. The van der Waals surface area contributed by atoms with Crippen molar-refractivity contribution in [2.45, 2.75) is 72.1 Å². The number of nitrogens with zero attached hydrogens (tertiary/aromatic N) is 2. The normalized spacial score (nSPS) is 17.2. The second kappa shape index (κ2) is 8.57. The highest BCUT2D eigenvalue weighted by atomic mass is 16.6. The Morgan fingerprint density at radius 2 is 1.42 bits per heavy atom. The van der Waals surface area contributed by atoms with Gasteiger partial charge in [-0.05, 0) is 55.4 Å². The number of hydrogen-bond donors (Lipinski definition) is 2. The molecule has 0 aromatic heterocycles. The molecule has 2 N–H and O–H groups in total. The largest absolute Gasteiger partial charge is 0.444 e. The van der Waals surface area contributed by atoms with Gasteiger partial charge in [0, 0.05) is 44.8 Å². The van der Waals surface area contributed by atoms with Gasteiger partial charge in [-0.25, -0.2) is 4.79 Å². The molecule has 26 heavy (non-hydrogen) atoms. The van der Waals surface area contributed by atoms with Crippen LogP contribution in [0.5, 0.6) is 0 Å². The Morgan fingerprint density at radius 1 is 0.885 bits per heavy atom. The maximum Gasteiger partial charge on any atom is 0.410 e. The van der Waals surface area contributed by atoms with Crippen LogP contribution in [-0.4, -0.2) is 77.7 Å². The third kappa shape index (κ3) is 7.50. The van der Waals surface area contributed by atoms with E-state index in [2.05, 4.69) is 36.3 Å². The number of rotatable bonds is 5. The summed E-state index contributed by atoms with van der Waals surface area (Å²) in [7, 11) is 0. The van der Waals surface area contributed by atoms with Crippen LogP contribution in [0.3, 0.4) is 0 Å². The minimum Gasteiger partial charge on any atom is -0.444 e. The maximum atomic E-state index is 12.6. The van der Waals surface area contributed by atoms with E-state index >= 15 is 0 Å². The molecule has 7 nitrogen and oxygen atoms in total. The summed E-state index contributed by atoms with van der Waals surface area (Å²) in [6, 6.07) is 0. The highest BCUT2D eigenvalue weighted by Gasteiger charge is 2.37. The fraction of sp³-hybridized carbons (Fsp3) is 0.895. The fourth-order valence-corrected chi connectivity index (χ4v) is 2.75. The van der Waals surface area contributed by atoms with Gasteiger partial charge in [-0.1, -0.05) is 0 Å². The van der Waals surface area contributed by atoms with Crippen LogP contribution < -0.4 is 10.6 Å². The van der Waals surface area contributed by atoms with Crippen molar-refractivity contribution in [3.05, 3.63) is 0 Å². The molecule has 7 heteroatoms. The summed E-state index contributed by atoms with van der Waals surface area (Å²) in [5.41, 5.74) is -1.06. The lowest BCUT2D eigenvalue weighted by Gasteiger charge is -2.43. The second-order valence-corrected chi connectivity index (χ2v) is 9.45. The van der Waals surface area contributed by atoms with Crippen molar-refractivity contribution in [3.8, 4) is 0 Å². The predicted octanol–water partition coefficient (Wildman–Crippen LogP) is 1.82. The fourth-order valence-electron chi connectivity index (χ4n) is 2.75. The van der Waals surface area contributed by atoms with Gasteiger partial charge in [-0.2, -0.15) is 0 Å². The molecular formula is C19H38N4O3. The Balaban J connectivity index is 2.46. The topological polar surface area (TPSA) is 73.9 Å². The average Bonchev–Trinajstić information content (AvgIpc) is 2.48. The van der Waals surface area contributed by atoms with E-state index in [1.54, 1.807) is 4.90 Å². The van der Waals surface area contributed by atoms with E-state index < -0.39 is 11.1 Å². The van der Waals surface area contributed by atoms with Gasteiger partial charge >= 0.3 is 6.09 Å². The number of carbonyl (C=O) groups is 2. The number of carbonyl (C=O) groups excluding carboxylic acids is 2. The van der Waals surface area contributed by atoms with Crippen molar-refractivity contribution in [3.63, 3.8) is 0 Å².